The number of hydrogen-bond donors (Lipinski definition) is 1. The van der Waals surface area contributed by atoms with E-state index in [1.165, 1.54) is 0 Å². The van der Waals surface area contributed by atoms with E-state index in [1.807, 2.05) is 19.2 Å². The van der Waals surface area contributed by atoms with Crippen molar-refractivity contribution in [1.82, 2.24) is 4.90 Å². The quantitative estimate of drug-likeness (QED) is 0.814. The molecular weight excluding hydrogens is 244 g/mol. The topological polar surface area (TPSA) is 64.8 Å². The standard InChI is InChI=1S/C14H20N2O3/c1-16(11-6-8-18-10-11)14(17)7-9-19-13-5-3-2-4-12(13)15/h2-5,11H,6-10,15H2,1H3. The highest BCUT2D eigenvalue weighted by Gasteiger charge is 2.23. The molecule has 1 aromatic carbocycles. The molecule has 5 nitrogen and oxygen atoms in total. The first kappa shape index (κ1) is 13.7. The Morgan fingerprint density at radius 3 is 3.00 bits per heavy atom. The van der Waals surface area contributed by atoms with E-state index in [0.717, 1.165) is 13.0 Å². The van der Waals surface area contributed by atoms with Gasteiger partial charge in [-0.15, -0.1) is 0 Å². The van der Waals surface area contributed by atoms with E-state index in [4.69, 9.17) is 15.2 Å². The monoisotopic (exact) mass is 264 g/mol. The molecule has 1 atom stereocenters. The summed E-state index contributed by atoms with van der Waals surface area (Å²) in [5.41, 5.74) is 6.35. The van der Waals surface area contributed by atoms with E-state index in [-0.39, 0.29) is 11.9 Å². The minimum atomic E-state index is 0.0741. The van der Waals surface area contributed by atoms with E-state index < -0.39 is 0 Å². The first-order chi connectivity index (χ1) is 9.18. The van der Waals surface area contributed by atoms with Crippen LogP contribution in [0.2, 0.25) is 0 Å². The average Bonchev–Trinajstić information content (AvgIpc) is 2.94. The second kappa shape index (κ2) is 6.43. The lowest BCUT2D eigenvalue weighted by atomic mass is 10.2. The van der Waals surface area contributed by atoms with Crippen molar-refractivity contribution in [2.24, 2.45) is 0 Å². The third-order valence-electron chi connectivity index (χ3n) is 3.34. The predicted molar refractivity (Wildman–Crippen MR) is 73.0 cm³/mol. The highest BCUT2D eigenvalue weighted by Crippen LogP contribution is 2.20. The highest BCUT2D eigenvalue weighted by molar-refractivity contribution is 5.76. The van der Waals surface area contributed by atoms with Crippen molar-refractivity contribution < 1.29 is 14.3 Å². The highest BCUT2D eigenvalue weighted by atomic mass is 16.5. The van der Waals surface area contributed by atoms with Crippen molar-refractivity contribution in [3.8, 4) is 5.75 Å². The SMILES string of the molecule is CN(C(=O)CCOc1ccccc1N)C1CCOC1. The number of carbonyl (C=O) groups is 1. The summed E-state index contributed by atoms with van der Waals surface area (Å²) in [4.78, 5) is 13.7. The fourth-order valence-corrected chi connectivity index (χ4v) is 2.07. The normalized spacial score (nSPS) is 18.3. The molecule has 104 valence electrons. The summed E-state index contributed by atoms with van der Waals surface area (Å²) in [5.74, 6) is 0.701. The van der Waals surface area contributed by atoms with Crippen LogP contribution in [0.5, 0.6) is 5.75 Å². The van der Waals surface area contributed by atoms with Crippen LogP contribution in [-0.2, 0) is 9.53 Å². The molecule has 0 radical (unpaired) electrons. The number of carbonyl (C=O) groups excluding carboxylic acids is 1. The van der Waals surface area contributed by atoms with E-state index >= 15 is 0 Å². The Labute approximate surface area is 113 Å². The van der Waals surface area contributed by atoms with Crippen LogP contribution >= 0.6 is 0 Å². The summed E-state index contributed by atoms with van der Waals surface area (Å²) in [6.45, 7) is 1.71. The minimum Gasteiger partial charge on any atom is -0.491 e. The number of ether oxygens (including phenoxy) is 2. The van der Waals surface area contributed by atoms with Gasteiger partial charge in [0.05, 0.1) is 31.4 Å². The third kappa shape index (κ3) is 3.61. The van der Waals surface area contributed by atoms with Gasteiger partial charge in [0.2, 0.25) is 5.91 Å². The maximum atomic E-state index is 12.0. The fourth-order valence-electron chi connectivity index (χ4n) is 2.07. The zero-order chi connectivity index (χ0) is 13.7. The Hall–Kier alpha value is -1.75. The third-order valence-corrected chi connectivity index (χ3v) is 3.34. The smallest absolute Gasteiger partial charge is 0.226 e. The molecule has 5 heteroatoms. The number of hydrogen-bond acceptors (Lipinski definition) is 4. The van der Waals surface area contributed by atoms with Crippen molar-refractivity contribution >= 4 is 11.6 Å². The van der Waals surface area contributed by atoms with Gasteiger partial charge in [-0.25, -0.2) is 0 Å². The number of likely N-dealkylation sites (N-methyl/N-ethyl adjacent to an activating group) is 1. The molecule has 1 heterocycles. The van der Waals surface area contributed by atoms with Crippen molar-refractivity contribution in [3.05, 3.63) is 24.3 Å². The van der Waals surface area contributed by atoms with E-state index in [0.29, 0.717) is 31.1 Å². The van der Waals surface area contributed by atoms with Crippen LogP contribution in [0.1, 0.15) is 12.8 Å². The van der Waals surface area contributed by atoms with Gasteiger partial charge < -0.3 is 20.1 Å². The largest absolute Gasteiger partial charge is 0.491 e. The number of para-hydroxylation sites is 2. The molecule has 1 saturated heterocycles. The van der Waals surface area contributed by atoms with Gasteiger partial charge in [0.25, 0.3) is 0 Å². The van der Waals surface area contributed by atoms with Crippen molar-refractivity contribution in [2.45, 2.75) is 18.9 Å². The molecule has 1 amide bonds. The molecule has 1 aromatic rings. The van der Waals surface area contributed by atoms with Gasteiger partial charge in [0, 0.05) is 13.7 Å². The molecule has 0 aliphatic carbocycles. The molecule has 2 N–H and O–H groups in total. The van der Waals surface area contributed by atoms with Gasteiger partial charge in [-0.1, -0.05) is 12.1 Å². The first-order valence-corrected chi connectivity index (χ1v) is 6.49. The Kier molecular flexibility index (Phi) is 4.63. The van der Waals surface area contributed by atoms with Crippen LogP contribution in [0, 0.1) is 0 Å². The molecule has 1 aliphatic heterocycles. The lowest BCUT2D eigenvalue weighted by Gasteiger charge is -2.23. The summed E-state index contributed by atoms with van der Waals surface area (Å²) in [5, 5.41) is 0. The summed E-state index contributed by atoms with van der Waals surface area (Å²) in [6.07, 6.45) is 1.26. The predicted octanol–water partition coefficient (Wildman–Crippen LogP) is 1.29. The van der Waals surface area contributed by atoms with Gasteiger partial charge in [-0.2, -0.15) is 0 Å². The Balaban J connectivity index is 1.76. The van der Waals surface area contributed by atoms with Gasteiger partial charge >= 0.3 is 0 Å². The molecule has 1 fully saturated rings. The Morgan fingerprint density at radius 2 is 2.32 bits per heavy atom. The summed E-state index contributed by atoms with van der Waals surface area (Å²) in [7, 11) is 1.82. The Morgan fingerprint density at radius 1 is 1.53 bits per heavy atom. The maximum absolute atomic E-state index is 12.0. The fraction of sp³-hybridized carbons (Fsp3) is 0.500. The molecule has 1 aliphatic rings. The van der Waals surface area contributed by atoms with Gasteiger partial charge in [-0.05, 0) is 18.6 Å². The lowest BCUT2D eigenvalue weighted by molar-refractivity contribution is -0.132. The summed E-state index contributed by atoms with van der Waals surface area (Å²) in [6, 6.07) is 7.48. The number of nitrogen functional groups attached to an aromatic ring is 1. The molecule has 0 spiro atoms. The van der Waals surface area contributed by atoms with Crippen molar-refractivity contribution in [2.75, 3.05) is 32.6 Å². The molecule has 0 bridgehead atoms. The number of benzene rings is 1. The van der Waals surface area contributed by atoms with Gasteiger partial charge in [0.1, 0.15) is 5.75 Å². The van der Waals surface area contributed by atoms with Crippen LogP contribution in [0.4, 0.5) is 5.69 Å². The minimum absolute atomic E-state index is 0.0741. The lowest BCUT2D eigenvalue weighted by Crippen LogP contribution is -2.37. The zero-order valence-corrected chi connectivity index (χ0v) is 11.2. The molecule has 1 unspecified atom stereocenters. The van der Waals surface area contributed by atoms with Crippen LogP contribution in [0.15, 0.2) is 24.3 Å². The van der Waals surface area contributed by atoms with Crippen LogP contribution < -0.4 is 10.5 Å². The van der Waals surface area contributed by atoms with E-state index in [9.17, 15) is 4.79 Å². The summed E-state index contributed by atoms with van der Waals surface area (Å²) < 4.78 is 10.8. The molecule has 2 rings (SSSR count). The second-order valence-electron chi connectivity index (χ2n) is 4.66. The first-order valence-electron chi connectivity index (χ1n) is 6.49. The van der Waals surface area contributed by atoms with Crippen LogP contribution in [0.3, 0.4) is 0 Å². The zero-order valence-electron chi connectivity index (χ0n) is 11.2. The number of rotatable bonds is 5. The van der Waals surface area contributed by atoms with E-state index in [2.05, 4.69) is 0 Å². The molecule has 0 saturated carbocycles. The van der Waals surface area contributed by atoms with Crippen LogP contribution in [-0.4, -0.2) is 43.7 Å². The second-order valence-corrected chi connectivity index (χ2v) is 4.66. The maximum Gasteiger partial charge on any atom is 0.226 e. The number of nitrogens with two attached hydrogens (primary N) is 1. The number of nitrogens with zero attached hydrogens (tertiary/aromatic N) is 1. The number of anilines is 1. The molecular formula is C14H20N2O3. The van der Waals surface area contributed by atoms with Gasteiger partial charge in [0.15, 0.2) is 0 Å². The van der Waals surface area contributed by atoms with Crippen LogP contribution in [0.25, 0.3) is 0 Å². The van der Waals surface area contributed by atoms with Gasteiger partial charge in [-0.3, -0.25) is 4.79 Å². The van der Waals surface area contributed by atoms with E-state index in [1.54, 1.807) is 17.0 Å². The summed E-state index contributed by atoms with van der Waals surface area (Å²) >= 11 is 0. The number of amides is 1. The van der Waals surface area contributed by atoms with Crippen molar-refractivity contribution in [1.29, 1.82) is 0 Å². The molecule has 0 aromatic heterocycles. The van der Waals surface area contributed by atoms with Crippen molar-refractivity contribution in [3.63, 3.8) is 0 Å². The average molecular weight is 264 g/mol. The molecule has 19 heavy (non-hydrogen) atoms. The Bertz CT molecular complexity index is 430.